The van der Waals surface area contributed by atoms with Crippen LogP contribution in [0.15, 0.2) is 66.7 Å². The van der Waals surface area contributed by atoms with Crippen molar-refractivity contribution in [2.45, 2.75) is 6.92 Å². The maximum absolute atomic E-state index is 12.2. The van der Waals surface area contributed by atoms with Crippen LogP contribution in [0.3, 0.4) is 0 Å². The van der Waals surface area contributed by atoms with E-state index in [4.69, 9.17) is 4.74 Å². The van der Waals surface area contributed by atoms with E-state index in [-0.39, 0.29) is 5.91 Å². The van der Waals surface area contributed by atoms with Gasteiger partial charge in [0.05, 0.1) is 12.8 Å². The fourth-order valence-electron chi connectivity index (χ4n) is 2.45. The zero-order chi connectivity index (χ0) is 17.6. The Balaban J connectivity index is 1.69. The largest absolute Gasteiger partial charge is 0.495 e. The summed E-state index contributed by atoms with van der Waals surface area (Å²) >= 11 is 1.65. The lowest BCUT2D eigenvalue weighted by Gasteiger charge is -2.09. The van der Waals surface area contributed by atoms with Gasteiger partial charge in [0.15, 0.2) is 0 Å². The van der Waals surface area contributed by atoms with Crippen molar-refractivity contribution in [1.82, 2.24) is 0 Å². The number of ether oxygens (including phenoxy) is 1. The zero-order valence-corrected chi connectivity index (χ0v) is 15.0. The SMILES string of the molecule is COc1ccc(C)cc1NC(=O)/C=C/c1ccc(-c2ccccc2)s1. The molecule has 3 rings (SSSR count). The van der Waals surface area contributed by atoms with Crippen molar-refractivity contribution in [3.8, 4) is 16.2 Å². The molecule has 0 aliphatic heterocycles. The first-order chi connectivity index (χ1) is 12.2. The van der Waals surface area contributed by atoms with E-state index in [1.165, 1.54) is 10.4 Å². The molecule has 0 saturated heterocycles. The first-order valence-corrected chi connectivity index (χ1v) is 8.76. The second-order valence-electron chi connectivity index (χ2n) is 5.59. The van der Waals surface area contributed by atoms with E-state index in [0.717, 1.165) is 10.4 Å². The summed E-state index contributed by atoms with van der Waals surface area (Å²) in [4.78, 5) is 14.4. The molecule has 0 aliphatic rings. The Labute approximate surface area is 151 Å². The number of anilines is 1. The molecule has 2 aromatic carbocycles. The predicted octanol–water partition coefficient (Wildman–Crippen LogP) is 5.38. The van der Waals surface area contributed by atoms with Crippen LogP contribution in [-0.4, -0.2) is 13.0 Å². The maximum Gasteiger partial charge on any atom is 0.248 e. The molecule has 1 aromatic heterocycles. The first kappa shape index (κ1) is 17.0. The van der Waals surface area contributed by atoms with Gasteiger partial charge in [0.1, 0.15) is 5.75 Å². The van der Waals surface area contributed by atoms with Gasteiger partial charge < -0.3 is 10.1 Å². The van der Waals surface area contributed by atoms with E-state index in [1.807, 2.05) is 55.5 Å². The van der Waals surface area contributed by atoms with Crippen molar-refractivity contribution in [1.29, 1.82) is 0 Å². The highest BCUT2D eigenvalue weighted by atomic mass is 32.1. The van der Waals surface area contributed by atoms with Crippen LogP contribution in [0.4, 0.5) is 5.69 Å². The van der Waals surface area contributed by atoms with E-state index in [0.29, 0.717) is 11.4 Å². The summed E-state index contributed by atoms with van der Waals surface area (Å²) in [6.45, 7) is 1.97. The van der Waals surface area contributed by atoms with Crippen LogP contribution in [0.2, 0.25) is 0 Å². The monoisotopic (exact) mass is 349 g/mol. The molecule has 0 bridgehead atoms. The number of carbonyl (C=O) groups is 1. The summed E-state index contributed by atoms with van der Waals surface area (Å²) in [6, 6.07) is 20.0. The molecule has 1 N–H and O–H groups in total. The van der Waals surface area contributed by atoms with Crippen LogP contribution < -0.4 is 10.1 Å². The highest BCUT2D eigenvalue weighted by molar-refractivity contribution is 7.16. The summed E-state index contributed by atoms with van der Waals surface area (Å²) in [6.07, 6.45) is 3.37. The van der Waals surface area contributed by atoms with Crippen molar-refractivity contribution >= 4 is 29.0 Å². The molecule has 1 amide bonds. The minimum atomic E-state index is -0.182. The van der Waals surface area contributed by atoms with E-state index in [1.54, 1.807) is 24.5 Å². The third-order valence-corrected chi connectivity index (χ3v) is 4.80. The van der Waals surface area contributed by atoms with Gasteiger partial charge in [-0.2, -0.15) is 0 Å². The molecule has 0 radical (unpaired) electrons. The van der Waals surface area contributed by atoms with Gasteiger partial charge in [-0.05, 0) is 48.4 Å². The van der Waals surface area contributed by atoms with Gasteiger partial charge in [-0.3, -0.25) is 4.79 Å². The Bertz CT molecular complexity index is 897. The fourth-order valence-corrected chi connectivity index (χ4v) is 3.37. The Hall–Kier alpha value is -2.85. The number of rotatable bonds is 5. The lowest BCUT2D eigenvalue weighted by atomic mass is 10.2. The van der Waals surface area contributed by atoms with Crippen LogP contribution in [0.1, 0.15) is 10.4 Å². The number of hydrogen-bond donors (Lipinski definition) is 1. The normalized spacial score (nSPS) is 10.8. The standard InChI is InChI=1S/C21H19NO2S/c1-15-8-11-19(24-2)18(14-15)22-21(23)13-10-17-9-12-20(25-17)16-6-4-3-5-7-16/h3-14H,1-2H3,(H,22,23)/b13-10+. The molecule has 0 atom stereocenters. The highest BCUT2D eigenvalue weighted by Gasteiger charge is 2.06. The quantitative estimate of drug-likeness (QED) is 0.628. The van der Waals surface area contributed by atoms with Crippen molar-refractivity contribution < 1.29 is 9.53 Å². The van der Waals surface area contributed by atoms with Gasteiger partial charge in [0, 0.05) is 15.8 Å². The van der Waals surface area contributed by atoms with Crippen molar-refractivity contribution in [3.63, 3.8) is 0 Å². The average molecular weight is 349 g/mol. The Kier molecular flexibility index (Phi) is 5.31. The smallest absolute Gasteiger partial charge is 0.248 e. The Morgan fingerprint density at radius 1 is 1.08 bits per heavy atom. The van der Waals surface area contributed by atoms with E-state index < -0.39 is 0 Å². The highest BCUT2D eigenvalue weighted by Crippen LogP contribution is 2.29. The van der Waals surface area contributed by atoms with Crippen LogP contribution in [0.25, 0.3) is 16.5 Å². The minimum Gasteiger partial charge on any atom is -0.495 e. The lowest BCUT2D eigenvalue weighted by molar-refractivity contribution is -0.111. The summed E-state index contributed by atoms with van der Waals surface area (Å²) in [5.74, 6) is 0.466. The molecule has 0 fully saturated rings. The van der Waals surface area contributed by atoms with Crippen molar-refractivity contribution in [2.75, 3.05) is 12.4 Å². The molecule has 126 valence electrons. The van der Waals surface area contributed by atoms with Gasteiger partial charge >= 0.3 is 0 Å². The van der Waals surface area contributed by atoms with Crippen LogP contribution in [0.5, 0.6) is 5.75 Å². The van der Waals surface area contributed by atoms with Crippen LogP contribution >= 0.6 is 11.3 Å². The number of thiophene rings is 1. The van der Waals surface area contributed by atoms with Gasteiger partial charge in [-0.25, -0.2) is 0 Å². The molecule has 3 aromatic rings. The second kappa shape index (κ2) is 7.81. The summed E-state index contributed by atoms with van der Waals surface area (Å²) in [5.41, 5.74) is 2.92. The molecule has 0 aliphatic carbocycles. The molecule has 0 unspecified atom stereocenters. The fraction of sp³-hybridized carbons (Fsp3) is 0.0952. The molecular weight excluding hydrogens is 330 g/mol. The summed E-state index contributed by atoms with van der Waals surface area (Å²) < 4.78 is 5.28. The number of carbonyl (C=O) groups excluding carboxylic acids is 1. The zero-order valence-electron chi connectivity index (χ0n) is 14.2. The van der Waals surface area contributed by atoms with Gasteiger partial charge in [0.2, 0.25) is 5.91 Å². The Morgan fingerprint density at radius 3 is 2.64 bits per heavy atom. The van der Waals surface area contributed by atoms with E-state index in [9.17, 15) is 4.79 Å². The van der Waals surface area contributed by atoms with Crippen molar-refractivity contribution in [3.05, 3.63) is 77.2 Å². The number of hydrogen-bond acceptors (Lipinski definition) is 3. The number of methoxy groups -OCH3 is 1. The number of aryl methyl sites for hydroxylation is 1. The average Bonchev–Trinajstić information content (AvgIpc) is 3.10. The van der Waals surface area contributed by atoms with Crippen LogP contribution in [-0.2, 0) is 4.79 Å². The third-order valence-electron chi connectivity index (χ3n) is 3.70. The van der Waals surface area contributed by atoms with Gasteiger partial charge in [-0.1, -0.05) is 36.4 Å². The molecule has 1 heterocycles. The maximum atomic E-state index is 12.2. The second-order valence-corrected chi connectivity index (χ2v) is 6.71. The Morgan fingerprint density at radius 2 is 1.88 bits per heavy atom. The number of amides is 1. The van der Waals surface area contributed by atoms with Gasteiger partial charge in [0.25, 0.3) is 0 Å². The molecule has 0 saturated carbocycles. The third kappa shape index (κ3) is 4.37. The van der Waals surface area contributed by atoms with Gasteiger partial charge in [-0.15, -0.1) is 11.3 Å². The summed E-state index contributed by atoms with van der Waals surface area (Å²) in [7, 11) is 1.59. The molecule has 3 nitrogen and oxygen atoms in total. The van der Waals surface area contributed by atoms with E-state index in [2.05, 4.69) is 23.5 Å². The lowest BCUT2D eigenvalue weighted by Crippen LogP contribution is -2.09. The number of nitrogens with one attached hydrogen (secondary N) is 1. The first-order valence-electron chi connectivity index (χ1n) is 7.94. The topological polar surface area (TPSA) is 38.3 Å². The predicted molar refractivity (Wildman–Crippen MR) is 105 cm³/mol. The molecule has 4 heteroatoms. The minimum absolute atomic E-state index is 0.182. The van der Waals surface area contributed by atoms with Crippen LogP contribution in [0, 0.1) is 6.92 Å². The summed E-state index contributed by atoms with van der Waals surface area (Å²) in [5, 5.41) is 2.86. The van der Waals surface area contributed by atoms with Crippen molar-refractivity contribution in [2.24, 2.45) is 0 Å². The molecular formula is C21H19NO2S. The van der Waals surface area contributed by atoms with E-state index >= 15 is 0 Å². The molecule has 0 spiro atoms. The number of benzene rings is 2. The molecule has 25 heavy (non-hydrogen) atoms.